The van der Waals surface area contributed by atoms with E-state index in [4.69, 9.17) is 0 Å². The van der Waals surface area contributed by atoms with Gasteiger partial charge in [-0.05, 0) is 82.6 Å². The van der Waals surface area contributed by atoms with Crippen LogP contribution in [0.25, 0.3) is 0 Å². The first-order chi connectivity index (χ1) is 18.2. The molecule has 0 aliphatic heterocycles. The van der Waals surface area contributed by atoms with E-state index in [0.29, 0.717) is 10.2 Å². The van der Waals surface area contributed by atoms with E-state index in [0.717, 1.165) is 19.9 Å². The van der Waals surface area contributed by atoms with Gasteiger partial charge in [-0.1, -0.05) is 67.8 Å². The molecule has 7 nitrogen and oxygen atoms in total. The minimum atomic E-state index is -4.11. The fourth-order valence-electron chi connectivity index (χ4n) is 3.84. The molecule has 0 aliphatic carbocycles. The third-order valence-corrected chi connectivity index (χ3v) is 8.73. The van der Waals surface area contributed by atoms with Crippen molar-refractivity contribution in [3.05, 3.63) is 92.9 Å². The predicted octanol–water partition coefficient (Wildman–Crippen LogP) is 6.05. The van der Waals surface area contributed by atoms with Crippen LogP contribution in [0.3, 0.4) is 0 Å². The van der Waals surface area contributed by atoms with Crippen molar-refractivity contribution >= 4 is 59.4 Å². The second kappa shape index (κ2) is 12.7. The molecule has 10 heteroatoms. The molecule has 0 unspecified atom stereocenters. The Bertz CT molecular complexity index is 1420. The summed E-state index contributed by atoms with van der Waals surface area (Å²) in [6.45, 7) is 8.74. The maximum Gasteiger partial charge on any atom is 0.264 e. The van der Waals surface area contributed by atoms with Crippen molar-refractivity contribution in [2.24, 2.45) is 0 Å². The van der Waals surface area contributed by atoms with Crippen LogP contribution in [0.5, 0.6) is 0 Å². The molecule has 1 atom stereocenters. The molecule has 0 spiro atoms. The molecular weight excluding hydrogens is 646 g/mol. The van der Waals surface area contributed by atoms with E-state index in [1.165, 1.54) is 17.0 Å². The van der Waals surface area contributed by atoms with Gasteiger partial charge in [0.05, 0.1) is 10.6 Å². The average molecular weight is 679 g/mol. The first-order valence-corrected chi connectivity index (χ1v) is 15.4. The number of carbonyl (C=O) groups excluding carboxylic acids is 2. The Morgan fingerprint density at radius 2 is 1.54 bits per heavy atom. The van der Waals surface area contributed by atoms with Gasteiger partial charge in [-0.3, -0.25) is 13.9 Å². The molecule has 1 N–H and O–H groups in total. The number of hydrogen-bond donors (Lipinski definition) is 1. The third kappa shape index (κ3) is 8.40. The van der Waals surface area contributed by atoms with Crippen LogP contribution in [-0.4, -0.2) is 43.3 Å². The zero-order valence-corrected chi connectivity index (χ0v) is 26.6. The van der Waals surface area contributed by atoms with Crippen LogP contribution in [0, 0.1) is 6.92 Å². The van der Waals surface area contributed by atoms with Crippen molar-refractivity contribution in [2.75, 3.05) is 10.8 Å². The van der Waals surface area contributed by atoms with E-state index in [1.54, 1.807) is 43.3 Å². The molecule has 0 saturated heterocycles. The van der Waals surface area contributed by atoms with E-state index in [-0.39, 0.29) is 17.3 Å². The van der Waals surface area contributed by atoms with Crippen molar-refractivity contribution in [3.63, 3.8) is 0 Å². The molecule has 0 fully saturated rings. The number of amides is 2. The van der Waals surface area contributed by atoms with E-state index in [2.05, 4.69) is 37.2 Å². The normalized spacial score (nSPS) is 12.5. The summed E-state index contributed by atoms with van der Waals surface area (Å²) in [5.41, 5.74) is 1.54. The summed E-state index contributed by atoms with van der Waals surface area (Å²) in [6.07, 6.45) is 0. The lowest BCUT2D eigenvalue weighted by Crippen LogP contribution is -2.54. The lowest BCUT2D eigenvalue weighted by Gasteiger charge is -2.33. The molecule has 0 aliphatic rings. The van der Waals surface area contributed by atoms with Crippen molar-refractivity contribution in [1.82, 2.24) is 10.2 Å². The molecule has 0 saturated carbocycles. The molecule has 3 aromatic rings. The average Bonchev–Trinajstić information content (AvgIpc) is 2.85. The highest BCUT2D eigenvalue weighted by atomic mass is 79.9. The highest BCUT2D eigenvalue weighted by Gasteiger charge is 2.33. The lowest BCUT2D eigenvalue weighted by molar-refractivity contribution is -0.140. The number of rotatable bonds is 9. The van der Waals surface area contributed by atoms with Gasteiger partial charge in [0, 0.05) is 21.0 Å². The quantitative estimate of drug-likeness (QED) is 0.299. The van der Waals surface area contributed by atoms with Gasteiger partial charge in [-0.25, -0.2) is 8.42 Å². The Morgan fingerprint density at radius 3 is 2.10 bits per heavy atom. The fourth-order valence-corrected chi connectivity index (χ4v) is 5.90. The number of benzene rings is 3. The Hall–Kier alpha value is -2.69. The zero-order chi connectivity index (χ0) is 29.0. The summed E-state index contributed by atoms with van der Waals surface area (Å²) in [5, 5.41) is 2.92. The monoisotopic (exact) mass is 677 g/mol. The molecule has 2 amide bonds. The molecule has 0 radical (unpaired) electrons. The van der Waals surface area contributed by atoms with Gasteiger partial charge < -0.3 is 10.2 Å². The van der Waals surface area contributed by atoms with Gasteiger partial charge >= 0.3 is 0 Å². The number of nitrogens with one attached hydrogen (secondary N) is 1. The van der Waals surface area contributed by atoms with Gasteiger partial charge in [0.2, 0.25) is 11.8 Å². The van der Waals surface area contributed by atoms with Crippen LogP contribution in [0.2, 0.25) is 0 Å². The van der Waals surface area contributed by atoms with E-state index >= 15 is 0 Å². The number of halogens is 2. The Morgan fingerprint density at radius 1 is 0.923 bits per heavy atom. The number of sulfonamides is 1. The number of nitrogens with zero attached hydrogens (tertiary/aromatic N) is 2. The van der Waals surface area contributed by atoms with Gasteiger partial charge in [-0.2, -0.15) is 0 Å². The minimum Gasteiger partial charge on any atom is -0.350 e. The van der Waals surface area contributed by atoms with Crippen molar-refractivity contribution < 1.29 is 18.0 Å². The van der Waals surface area contributed by atoms with Crippen molar-refractivity contribution in [1.29, 1.82) is 0 Å². The number of carbonyl (C=O) groups is 2. The second-order valence-corrected chi connectivity index (χ2v) is 14.1. The van der Waals surface area contributed by atoms with Crippen LogP contribution in [0.4, 0.5) is 5.69 Å². The molecular formula is C29H33Br2N3O4S. The summed E-state index contributed by atoms with van der Waals surface area (Å²) < 4.78 is 30.4. The van der Waals surface area contributed by atoms with Gasteiger partial charge in [0.1, 0.15) is 12.6 Å². The minimum absolute atomic E-state index is 0.0684. The molecule has 3 rings (SSSR count). The molecule has 208 valence electrons. The second-order valence-electron chi connectivity index (χ2n) is 10.4. The molecule has 39 heavy (non-hydrogen) atoms. The van der Waals surface area contributed by atoms with Crippen LogP contribution < -0.4 is 9.62 Å². The van der Waals surface area contributed by atoms with Crippen molar-refractivity contribution in [3.8, 4) is 0 Å². The van der Waals surface area contributed by atoms with Crippen LogP contribution in [-0.2, 0) is 26.2 Å². The number of hydrogen-bond acceptors (Lipinski definition) is 4. The Balaban J connectivity index is 2.03. The Kier molecular flexibility index (Phi) is 10.0. The number of anilines is 1. The molecule has 3 aromatic carbocycles. The summed E-state index contributed by atoms with van der Waals surface area (Å²) in [4.78, 5) is 28.6. The fraction of sp³-hybridized carbons (Fsp3) is 0.310. The first-order valence-electron chi connectivity index (χ1n) is 12.4. The molecule has 0 heterocycles. The number of aryl methyl sites for hydroxylation is 1. The van der Waals surface area contributed by atoms with Crippen LogP contribution >= 0.6 is 31.9 Å². The highest BCUT2D eigenvalue weighted by Crippen LogP contribution is 2.27. The summed E-state index contributed by atoms with van der Waals surface area (Å²) in [6, 6.07) is 19.8. The zero-order valence-electron chi connectivity index (χ0n) is 22.6. The van der Waals surface area contributed by atoms with E-state index in [9.17, 15) is 18.0 Å². The summed E-state index contributed by atoms with van der Waals surface area (Å²) >= 11 is 6.82. The lowest BCUT2D eigenvalue weighted by atomic mass is 10.1. The smallest absolute Gasteiger partial charge is 0.264 e. The largest absolute Gasteiger partial charge is 0.350 e. The third-order valence-electron chi connectivity index (χ3n) is 5.92. The summed E-state index contributed by atoms with van der Waals surface area (Å²) in [5.74, 6) is -0.839. The highest BCUT2D eigenvalue weighted by molar-refractivity contribution is 9.10. The van der Waals surface area contributed by atoms with E-state index in [1.807, 2.05) is 52.0 Å². The summed E-state index contributed by atoms with van der Waals surface area (Å²) in [7, 11) is -4.11. The Labute approximate surface area is 247 Å². The van der Waals surface area contributed by atoms with Crippen LogP contribution in [0.1, 0.15) is 38.8 Å². The predicted molar refractivity (Wildman–Crippen MR) is 162 cm³/mol. The maximum atomic E-state index is 13.9. The topological polar surface area (TPSA) is 86.8 Å². The van der Waals surface area contributed by atoms with Gasteiger partial charge in [-0.15, -0.1) is 0 Å². The van der Waals surface area contributed by atoms with Crippen molar-refractivity contribution in [2.45, 2.75) is 57.6 Å². The SMILES string of the molecule is Cc1ccc(S(=O)(=O)N(CC(=O)N(Cc2ccc(Br)cc2)[C@@H](C)C(=O)NC(C)(C)C)c2cccc(Br)c2)cc1. The van der Waals surface area contributed by atoms with E-state index < -0.39 is 34.1 Å². The standard InChI is InChI=1S/C29H33Br2N3O4S/c1-20-9-15-26(16-10-20)39(37,38)34(25-8-6-7-24(31)17-25)19-27(35)33(18-22-11-13-23(30)14-12-22)21(2)28(36)32-29(3,4)5/h6-17,21H,18-19H2,1-5H3,(H,32,36)/t21-/m0/s1. The van der Waals surface area contributed by atoms with Gasteiger partial charge in [0.15, 0.2) is 0 Å². The first kappa shape index (κ1) is 30.8. The molecule has 0 bridgehead atoms. The van der Waals surface area contributed by atoms with Crippen LogP contribution in [0.15, 0.2) is 86.6 Å². The molecule has 0 aromatic heterocycles. The maximum absolute atomic E-state index is 13.9. The van der Waals surface area contributed by atoms with Gasteiger partial charge in [0.25, 0.3) is 10.0 Å².